The number of hydrogen-bond donors (Lipinski definition) is 0. The smallest absolute Gasteiger partial charge is 0.338 e. The Morgan fingerprint density at radius 1 is 1.26 bits per heavy atom. The van der Waals surface area contributed by atoms with Gasteiger partial charge in [-0.3, -0.25) is 9.36 Å². The van der Waals surface area contributed by atoms with E-state index in [0.717, 1.165) is 6.07 Å². The second kappa shape index (κ2) is 7.92. The summed E-state index contributed by atoms with van der Waals surface area (Å²) in [5.74, 6) is -0.757. The standard InChI is InChI=1S/C20H19FN2O3S/c1-12(2)23-18(24)15-6-4-5-7-17(15)22-20(23)27-11-13-8-9-14(21)10-16(13)19(25)26-3/h4-10,12H,11H2,1-3H3. The molecule has 0 N–H and O–H groups in total. The normalized spacial score (nSPS) is 11.1. The van der Waals surface area contributed by atoms with Crippen LogP contribution in [0, 0.1) is 5.82 Å². The van der Waals surface area contributed by atoms with Crippen LogP contribution in [0.2, 0.25) is 0 Å². The molecule has 0 spiro atoms. The number of halogens is 1. The number of methoxy groups -OCH3 is 1. The molecule has 2 aromatic carbocycles. The first kappa shape index (κ1) is 19.1. The van der Waals surface area contributed by atoms with Crippen LogP contribution >= 0.6 is 11.8 Å². The number of rotatable bonds is 5. The van der Waals surface area contributed by atoms with Gasteiger partial charge >= 0.3 is 5.97 Å². The molecule has 0 bridgehead atoms. The molecule has 0 saturated carbocycles. The highest BCUT2D eigenvalue weighted by atomic mass is 32.2. The molecule has 0 radical (unpaired) electrons. The number of para-hydroxylation sites is 1. The molecular formula is C20H19FN2O3S. The Hall–Kier alpha value is -2.67. The monoisotopic (exact) mass is 386 g/mol. The van der Waals surface area contributed by atoms with Crippen molar-refractivity contribution in [2.75, 3.05) is 7.11 Å². The van der Waals surface area contributed by atoms with Crippen LogP contribution in [-0.4, -0.2) is 22.6 Å². The zero-order valence-corrected chi connectivity index (χ0v) is 16.0. The fourth-order valence-electron chi connectivity index (χ4n) is 2.80. The Kier molecular flexibility index (Phi) is 5.60. The SMILES string of the molecule is COC(=O)c1cc(F)ccc1CSc1nc2ccccc2c(=O)n1C(C)C. The Morgan fingerprint density at radius 2 is 2.00 bits per heavy atom. The molecule has 0 saturated heterocycles. The topological polar surface area (TPSA) is 61.2 Å². The van der Waals surface area contributed by atoms with Gasteiger partial charge in [0.25, 0.3) is 5.56 Å². The van der Waals surface area contributed by atoms with Crippen molar-refractivity contribution in [1.82, 2.24) is 9.55 Å². The van der Waals surface area contributed by atoms with Crippen molar-refractivity contribution in [3.63, 3.8) is 0 Å². The lowest BCUT2D eigenvalue weighted by atomic mass is 10.1. The van der Waals surface area contributed by atoms with E-state index in [1.54, 1.807) is 22.8 Å². The van der Waals surface area contributed by atoms with Gasteiger partial charge in [0, 0.05) is 11.8 Å². The number of thioether (sulfide) groups is 1. The maximum atomic E-state index is 13.5. The van der Waals surface area contributed by atoms with E-state index >= 15 is 0 Å². The third-order valence-electron chi connectivity index (χ3n) is 4.13. The molecule has 0 atom stereocenters. The van der Waals surface area contributed by atoms with Crippen molar-refractivity contribution in [2.45, 2.75) is 30.8 Å². The van der Waals surface area contributed by atoms with Crippen LogP contribution in [0.1, 0.15) is 35.8 Å². The lowest BCUT2D eigenvalue weighted by Crippen LogP contribution is -2.25. The average Bonchev–Trinajstić information content (AvgIpc) is 2.66. The van der Waals surface area contributed by atoms with Crippen molar-refractivity contribution in [3.8, 4) is 0 Å². The molecule has 1 aromatic heterocycles. The van der Waals surface area contributed by atoms with Crippen LogP contribution in [0.25, 0.3) is 10.9 Å². The summed E-state index contributed by atoms with van der Waals surface area (Å²) in [6.45, 7) is 3.83. The molecule has 0 unspecified atom stereocenters. The Balaban J connectivity index is 2.02. The molecule has 0 aliphatic heterocycles. The fraction of sp³-hybridized carbons (Fsp3) is 0.250. The largest absolute Gasteiger partial charge is 0.465 e. The molecule has 1 heterocycles. The number of carbonyl (C=O) groups excluding carboxylic acids is 1. The van der Waals surface area contributed by atoms with Crippen LogP contribution in [-0.2, 0) is 10.5 Å². The number of nitrogens with zero attached hydrogens (tertiary/aromatic N) is 2. The summed E-state index contributed by atoms with van der Waals surface area (Å²) in [6, 6.07) is 11.1. The molecule has 27 heavy (non-hydrogen) atoms. The van der Waals surface area contributed by atoms with E-state index in [4.69, 9.17) is 4.74 Å². The van der Waals surface area contributed by atoms with Crippen molar-refractivity contribution >= 4 is 28.6 Å². The van der Waals surface area contributed by atoms with Gasteiger partial charge in [0.05, 0.1) is 23.6 Å². The van der Waals surface area contributed by atoms with Crippen LogP contribution in [0.4, 0.5) is 4.39 Å². The summed E-state index contributed by atoms with van der Waals surface area (Å²) in [5.41, 5.74) is 1.30. The second-order valence-electron chi connectivity index (χ2n) is 6.26. The quantitative estimate of drug-likeness (QED) is 0.374. The molecule has 0 fully saturated rings. The number of hydrogen-bond acceptors (Lipinski definition) is 5. The maximum absolute atomic E-state index is 13.5. The number of benzene rings is 2. The van der Waals surface area contributed by atoms with Gasteiger partial charge in [-0.05, 0) is 43.7 Å². The molecule has 0 aliphatic rings. The minimum Gasteiger partial charge on any atom is -0.465 e. The molecule has 7 heteroatoms. The van der Waals surface area contributed by atoms with E-state index in [-0.39, 0.29) is 17.2 Å². The van der Waals surface area contributed by atoms with E-state index in [1.807, 2.05) is 26.0 Å². The minimum absolute atomic E-state index is 0.0783. The average molecular weight is 386 g/mol. The summed E-state index contributed by atoms with van der Waals surface area (Å²) >= 11 is 1.33. The first-order chi connectivity index (χ1) is 12.9. The minimum atomic E-state index is -0.599. The fourth-order valence-corrected chi connectivity index (χ4v) is 3.93. The van der Waals surface area contributed by atoms with Gasteiger partial charge in [0.15, 0.2) is 5.16 Å². The first-order valence-electron chi connectivity index (χ1n) is 8.43. The second-order valence-corrected chi connectivity index (χ2v) is 7.20. The van der Waals surface area contributed by atoms with E-state index in [1.165, 1.54) is 24.9 Å². The lowest BCUT2D eigenvalue weighted by molar-refractivity contribution is 0.0599. The Morgan fingerprint density at radius 3 is 2.70 bits per heavy atom. The van der Waals surface area contributed by atoms with Crippen molar-refractivity contribution in [3.05, 3.63) is 69.8 Å². The van der Waals surface area contributed by atoms with Gasteiger partial charge in [0.2, 0.25) is 0 Å². The van der Waals surface area contributed by atoms with Crippen LogP contribution < -0.4 is 5.56 Å². The molecule has 5 nitrogen and oxygen atoms in total. The van der Waals surface area contributed by atoms with Gasteiger partial charge in [0.1, 0.15) is 5.82 Å². The number of esters is 1. The molecular weight excluding hydrogens is 367 g/mol. The van der Waals surface area contributed by atoms with Crippen LogP contribution in [0.5, 0.6) is 0 Å². The summed E-state index contributed by atoms with van der Waals surface area (Å²) in [7, 11) is 1.26. The molecule has 3 aromatic rings. The predicted molar refractivity (Wildman–Crippen MR) is 104 cm³/mol. The van der Waals surface area contributed by atoms with Gasteiger partial charge in [-0.25, -0.2) is 14.2 Å². The van der Waals surface area contributed by atoms with Gasteiger partial charge in [-0.1, -0.05) is 30.0 Å². The number of carbonyl (C=O) groups is 1. The van der Waals surface area contributed by atoms with Gasteiger partial charge in [-0.2, -0.15) is 0 Å². The summed E-state index contributed by atoms with van der Waals surface area (Å²) in [4.78, 5) is 29.4. The lowest BCUT2D eigenvalue weighted by Gasteiger charge is -2.16. The number of fused-ring (bicyclic) bond motifs is 1. The van der Waals surface area contributed by atoms with Gasteiger partial charge in [-0.15, -0.1) is 0 Å². The number of aromatic nitrogens is 2. The van der Waals surface area contributed by atoms with Crippen molar-refractivity contribution < 1.29 is 13.9 Å². The predicted octanol–water partition coefficient (Wildman–Crippen LogP) is 4.20. The summed E-state index contributed by atoms with van der Waals surface area (Å²) in [6.07, 6.45) is 0. The summed E-state index contributed by atoms with van der Waals surface area (Å²) < 4.78 is 19.9. The van der Waals surface area contributed by atoms with E-state index < -0.39 is 11.8 Å². The Bertz CT molecular complexity index is 1060. The highest BCUT2D eigenvalue weighted by Gasteiger charge is 2.17. The van der Waals surface area contributed by atoms with Crippen molar-refractivity contribution in [2.24, 2.45) is 0 Å². The molecule has 0 amide bonds. The van der Waals surface area contributed by atoms with E-state index in [2.05, 4.69) is 4.98 Å². The Labute approximate surface area is 160 Å². The highest BCUT2D eigenvalue weighted by Crippen LogP contribution is 2.26. The van der Waals surface area contributed by atoms with Crippen LogP contribution in [0.15, 0.2) is 52.4 Å². The number of ether oxygens (including phenoxy) is 1. The maximum Gasteiger partial charge on any atom is 0.338 e. The third-order valence-corrected chi connectivity index (χ3v) is 5.13. The zero-order chi connectivity index (χ0) is 19.6. The first-order valence-corrected chi connectivity index (χ1v) is 9.41. The summed E-state index contributed by atoms with van der Waals surface area (Å²) in [5, 5.41) is 1.11. The van der Waals surface area contributed by atoms with Gasteiger partial charge < -0.3 is 4.74 Å². The molecule has 0 aliphatic carbocycles. The molecule has 3 rings (SSSR count). The molecule has 140 valence electrons. The third kappa shape index (κ3) is 3.88. The highest BCUT2D eigenvalue weighted by molar-refractivity contribution is 7.98. The van der Waals surface area contributed by atoms with E-state index in [0.29, 0.717) is 27.4 Å². The van der Waals surface area contributed by atoms with Crippen molar-refractivity contribution in [1.29, 1.82) is 0 Å². The van der Waals surface area contributed by atoms with Crippen LogP contribution in [0.3, 0.4) is 0 Å². The van der Waals surface area contributed by atoms with E-state index in [9.17, 15) is 14.0 Å². The zero-order valence-electron chi connectivity index (χ0n) is 15.2.